The Kier molecular flexibility index (Phi) is 4.26. The van der Waals surface area contributed by atoms with E-state index >= 15 is 0 Å². The van der Waals surface area contributed by atoms with E-state index in [-0.39, 0.29) is 0 Å². The van der Waals surface area contributed by atoms with Gasteiger partial charge in [0.2, 0.25) is 0 Å². The number of aromatic nitrogens is 2. The number of nitrogens with two attached hydrogens (primary N) is 1. The number of nitrogens with zero attached hydrogens (tertiary/aromatic N) is 3. The Morgan fingerprint density at radius 3 is 2.45 bits per heavy atom. The summed E-state index contributed by atoms with van der Waals surface area (Å²) in [4.78, 5) is 4.45. The van der Waals surface area contributed by atoms with Crippen LogP contribution in [0.15, 0.2) is 60.7 Å². The van der Waals surface area contributed by atoms with E-state index in [9.17, 15) is 5.26 Å². The first-order chi connectivity index (χ1) is 14.2. The predicted octanol–water partition coefficient (Wildman–Crippen LogP) is 6.20. The molecule has 2 N–H and O–H groups in total. The Balaban J connectivity index is 1.80. The lowest BCUT2D eigenvalue weighted by molar-refractivity contribution is 0.324. The third kappa shape index (κ3) is 2.95. The molecule has 1 saturated carbocycles. The van der Waals surface area contributed by atoms with Crippen LogP contribution in [0.2, 0.25) is 5.15 Å². The van der Waals surface area contributed by atoms with Crippen LogP contribution in [0, 0.1) is 11.3 Å². The van der Waals surface area contributed by atoms with Crippen molar-refractivity contribution >= 4 is 28.2 Å². The van der Waals surface area contributed by atoms with Crippen molar-refractivity contribution < 1.29 is 0 Å². The van der Waals surface area contributed by atoms with Crippen LogP contribution in [0.25, 0.3) is 33.4 Å². The summed E-state index contributed by atoms with van der Waals surface area (Å²) in [6, 6.07) is 22.4. The molecule has 142 valence electrons. The topological polar surface area (TPSA) is 67.6 Å². The van der Waals surface area contributed by atoms with Crippen molar-refractivity contribution in [1.82, 2.24) is 9.55 Å². The Morgan fingerprint density at radius 2 is 1.79 bits per heavy atom. The molecule has 0 atom stereocenters. The molecule has 2 heterocycles. The molecule has 0 radical (unpaired) electrons. The summed E-state index contributed by atoms with van der Waals surface area (Å²) in [6.45, 7) is 0. The Labute approximate surface area is 174 Å². The van der Waals surface area contributed by atoms with E-state index < -0.39 is 0 Å². The summed E-state index contributed by atoms with van der Waals surface area (Å²) < 4.78 is 2.34. The standard InChI is InChI=1S/C24H19ClN4/c25-23-6-2-5-21(28-23)16-9-12-19-20(14-26)24(15-7-10-17(27)11-8-15)29(22(19)13-16)18-3-1-4-18/h2,5-13,18H,1,3-4,27H2. The maximum atomic E-state index is 10.0. The zero-order valence-electron chi connectivity index (χ0n) is 15.8. The SMILES string of the molecule is N#Cc1c(-c2ccc(N)cc2)n(C2CCC2)c2cc(-c3cccc(Cl)n3)ccc12. The minimum absolute atomic E-state index is 0.398. The lowest BCUT2D eigenvalue weighted by Crippen LogP contribution is -2.17. The molecule has 1 aliphatic carbocycles. The van der Waals surface area contributed by atoms with Crippen molar-refractivity contribution in [3.63, 3.8) is 0 Å². The first-order valence-corrected chi connectivity index (χ1v) is 10.1. The highest BCUT2D eigenvalue weighted by Gasteiger charge is 2.28. The van der Waals surface area contributed by atoms with E-state index in [4.69, 9.17) is 17.3 Å². The molecule has 0 aliphatic heterocycles. The van der Waals surface area contributed by atoms with Gasteiger partial charge < -0.3 is 10.3 Å². The smallest absolute Gasteiger partial charge is 0.129 e. The fourth-order valence-electron chi connectivity index (χ4n) is 4.10. The average molecular weight is 399 g/mol. The van der Waals surface area contributed by atoms with Crippen molar-refractivity contribution in [2.75, 3.05) is 5.73 Å². The lowest BCUT2D eigenvalue weighted by Gasteiger charge is -2.30. The van der Waals surface area contributed by atoms with Gasteiger partial charge in [0.05, 0.1) is 22.5 Å². The van der Waals surface area contributed by atoms with Gasteiger partial charge in [0.25, 0.3) is 0 Å². The molecule has 4 aromatic rings. The molecule has 2 aromatic carbocycles. The van der Waals surface area contributed by atoms with E-state index in [1.807, 2.05) is 48.5 Å². The number of halogens is 1. The second-order valence-electron chi connectivity index (χ2n) is 7.49. The van der Waals surface area contributed by atoms with E-state index in [0.29, 0.717) is 22.4 Å². The molecule has 1 aliphatic rings. The average Bonchev–Trinajstić information content (AvgIpc) is 3.01. The molecule has 0 spiro atoms. The third-order valence-electron chi connectivity index (χ3n) is 5.75. The highest BCUT2D eigenvalue weighted by atomic mass is 35.5. The van der Waals surface area contributed by atoms with Crippen LogP contribution >= 0.6 is 11.6 Å². The maximum Gasteiger partial charge on any atom is 0.129 e. The van der Waals surface area contributed by atoms with E-state index in [0.717, 1.165) is 46.3 Å². The molecule has 5 heteroatoms. The molecular formula is C24H19ClN4. The zero-order chi connectivity index (χ0) is 20.0. The van der Waals surface area contributed by atoms with Gasteiger partial charge in [-0.15, -0.1) is 0 Å². The number of fused-ring (bicyclic) bond motifs is 1. The number of benzene rings is 2. The second kappa shape index (κ2) is 6.95. The Bertz CT molecular complexity index is 1260. The molecule has 29 heavy (non-hydrogen) atoms. The molecular weight excluding hydrogens is 380 g/mol. The van der Waals surface area contributed by atoms with Crippen LogP contribution in [-0.4, -0.2) is 9.55 Å². The van der Waals surface area contributed by atoms with E-state index in [2.05, 4.69) is 21.7 Å². The van der Waals surface area contributed by atoms with Gasteiger partial charge in [-0.25, -0.2) is 4.98 Å². The summed E-state index contributed by atoms with van der Waals surface area (Å²) in [5.41, 5.74) is 12.2. The van der Waals surface area contributed by atoms with Crippen LogP contribution in [0.5, 0.6) is 0 Å². The van der Waals surface area contributed by atoms with Gasteiger partial charge in [-0.05, 0) is 55.2 Å². The van der Waals surface area contributed by atoms with Crippen molar-refractivity contribution in [2.45, 2.75) is 25.3 Å². The molecule has 4 nitrogen and oxygen atoms in total. The largest absolute Gasteiger partial charge is 0.399 e. The van der Waals surface area contributed by atoms with Gasteiger partial charge in [0, 0.05) is 22.7 Å². The summed E-state index contributed by atoms with van der Waals surface area (Å²) in [6.07, 6.45) is 3.45. The number of nitriles is 1. The quantitative estimate of drug-likeness (QED) is 0.330. The van der Waals surface area contributed by atoms with Crippen LogP contribution in [0.3, 0.4) is 0 Å². The Hall–Kier alpha value is -3.29. The van der Waals surface area contributed by atoms with Crippen LogP contribution in [0.1, 0.15) is 30.9 Å². The lowest BCUT2D eigenvalue weighted by atomic mass is 9.92. The first kappa shape index (κ1) is 17.8. The van der Waals surface area contributed by atoms with Gasteiger partial charge in [0.15, 0.2) is 0 Å². The number of rotatable bonds is 3. The van der Waals surface area contributed by atoms with Gasteiger partial charge in [-0.1, -0.05) is 41.9 Å². The zero-order valence-corrected chi connectivity index (χ0v) is 16.5. The minimum Gasteiger partial charge on any atom is -0.399 e. The second-order valence-corrected chi connectivity index (χ2v) is 7.88. The molecule has 0 amide bonds. The van der Waals surface area contributed by atoms with E-state index in [1.54, 1.807) is 6.07 Å². The van der Waals surface area contributed by atoms with Crippen LogP contribution in [-0.2, 0) is 0 Å². The fourth-order valence-corrected chi connectivity index (χ4v) is 4.26. The molecule has 0 saturated heterocycles. The molecule has 2 aromatic heterocycles. The number of anilines is 1. The van der Waals surface area contributed by atoms with Gasteiger partial charge in [-0.2, -0.15) is 5.26 Å². The first-order valence-electron chi connectivity index (χ1n) is 9.72. The molecule has 1 fully saturated rings. The van der Waals surface area contributed by atoms with Crippen LogP contribution in [0.4, 0.5) is 5.69 Å². The minimum atomic E-state index is 0.398. The highest BCUT2D eigenvalue weighted by Crippen LogP contribution is 2.43. The van der Waals surface area contributed by atoms with Gasteiger partial charge in [-0.3, -0.25) is 0 Å². The Morgan fingerprint density at radius 1 is 1.03 bits per heavy atom. The van der Waals surface area contributed by atoms with Crippen LogP contribution < -0.4 is 5.73 Å². The summed E-state index contributed by atoms with van der Waals surface area (Å²) >= 11 is 6.10. The molecule has 5 rings (SSSR count). The number of hydrogen-bond donors (Lipinski definition) is 1. The van der Waals surface area contributed by atoms with Gasteiger partial charge in [0.1, 0.15) is 11.2 Å². The fraction of sp³-hybridized carbons (Fsp3) is 0.167. The van der Waals surface area contributed by atoms with Crippen molar-refractivity contribution in [2.24, 2.45) is 0 Å². The summed E-state index contributed by atoms with van der Waals surface area (Å²) in [5, 5.41) is 11.5. The summed E-state index contributed by atoms with van der Waals surface area (Å²) in [5.74, 6) is 0. The number of pyridine rings is 1. The third-order valence-corrected chi connectivity index (χ3v) is 5.96. The van der Waals surface area contributed by atoms with Crippen molar-refractivity contribution in [1.29, 1.82) is 5.26 Å². The predicted molar refractivity (Wildman–Crippen MR) is 118 cm³/mol. The molecule has 0 bridgehead atoms. The van der Waals surface area contributed by atoms with E-state index in [1.165, 1.54) is 6.42 Å². The van der Waals surface area contributed by atoms with Crippen molar-refractivity contribution in [3.05, 3.63) is 71.4 Å². The monoisotopic (exact) mass is 398 g/mol. The maximum absolute atomic E-state index is 10.0. The van der Waals surface area contributed by atoms with Crippen molar-refractivity contribution in [3.8, 4) is 28.6 Å². The highest BCUT2D eigenvalue weighted by molar-refractivity contribution is 6.29. The molecule has 0 unspecified atom stereocenters. The normalized spacial score (nSPS) is 13.9. The number of hydrogen-bond acceptors (Lipinski definition) is 3. The van der Waals surface area contributed by atoms with Gasteiger partial charge >= 0.3 is 0 Å². The summed E-state index contributed by atoms with van der Waals surface area (Å²) in [7, 11) is 0. The number of nitrogen functional groups attached to an aromatic ring is 1.